The predicted octanol–water partition coefficient (Wildman–Crippen LogP) is 3.27. The first-order valence-electron chi connectivity index (χ1n) is 11.5. The number of hydrogen-bond donors (Lipinski definition) is 2. The summed E-state index contributed by atoms with van der Waals surface area (Å²) in [5.41, 5.74) is 0.916. The lowest BCUT2D eigenvalue weighted by Gasteiger charge is -2.55. The summed E-state index contributed by atoms with van der Waals surface area (Å²) in [4.78, 5) is 19.9. The highest BCUT2D eigenvalue weighted by atomic mass is 35.5. The lowest BCUT2D eigenvalue weighted by molar-refractivity contribution is -0.154. The Hall–Kier alpha value is -2.95. The van der Waals surface area contributed by atoms with Gasteiger partial charge < -0.3 is 24.8 Å². The average Bonchev–Trinajstić information content (AvgIpc) is 3.24. The molecule has 1 spiro atoms. The van der Waals surface area contributed by atoms with E-state index in [1.807, 2.05) is 6.92 Å². The zero-order chi connectivity index (χ0) is 24.7. The minimum absolute atomic E-state index is 0.112. The zero-order valence-electron chi connectivity index (χ0n) is 19.4. The SMILES string of the molecule is COc1cc(C(=O)N2CC(C)OCC23CC(O)C3)cn2nc(NC(CF)c3cccc(Cl)c3)nc12. The Balaban J connectivity index is 1.45. The van der Waals surface area contributed by atoms with Gasteiger partial charge in [-0.1, -0.05) is 23.7 Å². The Labute approximate surface area is 206 Å². The van der Waals surface area contributed by atoms with E-state index in [0.717, 1.165) is 0 Å². The molecular weight excluding hydrogens is 477 g/mol. The molecule has 2 fully saturated rings. The number of pyridine rings is 1. The fourth-order valence-corrected chi connectivity index (χ4v) is 5.06. The first kappa shape index (κ1) is 23.8. The van der Waals surface area contributed by atoms with Crippen molar-refractivity contribution in [2.24, 2.45) is 0 Å². The molecule has 2 aliphatic rings. The highest BCUT2D eigenvalue weighted by Gasteiger charge is 2.53. The van der Waals surface area contributed by atoms with Crippen LogP contribution in [-0.2, 0) is 4.74 Å². The maximum absolute atomic E-state index is 13.8. The molecule has 186 valence electrons. The number of rotatable bonds is 6. The fraction of sp³-hybridized carbons (Fsp3) is 0.458. The van der Waals surface area contributed by atoms with E-state index < -0.39 is 24.4 Å². The number of anilines is 1. The van der Waals surface area contributed by atoms with Crippen molar-refractivity contribution in [1.82, 2.24) is 19.5 Å². The van der Waals surface area contributed by atoms with Crippen LogP contribution >= 0.6 is 11.6 Å². The van der Waals surface area contributed by atoms with E-state index in [2.05, 4.69) is 15.4 Å². The van der Waals surface area contributed by atoms with E-state index in [1.54, 1.807) is 41.4 Å². The van der Waals surface area contributed by atoms with Crippen molar-refractivity contribution in [3.63, 3.8) is 0 Å². The van der Waals surface area contributed by atoms with Crippen molar-refractivity contribution in [3.8, 4) is 5.75 Å². The summed E-state index contributed by atoms with van der Waals surface area (Å²) in [5.74, 6) is 0.354. The predicted molar refractivity (Wildman–Crippen MR) is 128 cm³/mol. The number of carbonyl (C=O) groups excluding carboxylic acids is 1. The van der Waals surface area contributed by atoms with Crippen LogP contribution in [0.4, 0.5) is 10.3 Å². The number of hydrogen-bond acceptors (Lipinski definition) is 7. The number of aliphatic hydroxyl groups excluding tert-OH is 1. The normalized spacial score (nSPS) is 24.9. The first-order valence-corrected chi connectivity index (χ1v) is 11.8. The summed E-state index contributed by atoms with van der Waals surface area (Å²) in [6.07, 6.45) is 2.00. The number of carbonyl (C=O) groups is 1. The molecule has 5 rings (SSSR count). The number of aromatic nitrogens is 3. The van der Waals surface area contributed by atoms with Crippen molar-refractivity contribution >= 4 is 29.1 Å². The number of nitrogens with zero attached hydrogens (tertiary/aromatic N) is 4. The topological polar surface area (TPSA) is 101 Å². The van der Waals surface area contributed by atoms with Crippen LogP contribution in [-0.4, -0.2) is 75.2 Å². The van der Waals surface area contributed by atoms with E-state index in [0.29, 0.717) is 53.5 Å². The monoisotopic (exact) mass is 503 g/mol. The van der Waals surface area contributed by atoms with Crippen LogP contribution in [0.15, 0.2) is 36.5 Å². The molecule has 1 saturated heterocycles. The Kier molecular flexibility index (Phi) is 6.29. The van der Waals surface area contributed by atoms with Crippen molar-refractivity contribution in [3.05, 3.63) is 52.7 Å². The van der Waals surface area contributed by atoms with Gasteiger partial charge in [-0.25, -0.2) is 8.91 Å². The average molecular weight is 504 g/mol. The van der Waals surface area contributed by atoms with E-state index in [4.69, 9.17) is 21.1 Å². The molecule has 1 aliphatic heterocycles. The molecule has 0 radical (unpaired) electrons. The number of aliphatic hydroxyl groups is 1. The second-order valence-electron chi connectivity index (χ2n) is 9.23. The number of halogens is 2. The fourth-order valence-electron chi connectivity index (χ4n) is 4.86. The van der Waals surface area contributed by atoms with Gasteiger partial charge in [0.2, 0.25) is 5.95 Å². The molecule has 1 aromatic carbocycles. The van der Waals surface area contributed by atoms with Crippen molar-refractivity contribution < 1.29 is 23.8 Å². The molecule has 1 amide bonds. The molecule has 2 N–H and O–H groups in total. The minimum atomic E-state index is -0.696. The Morgan fingerprint density at radius 3 is 2.91 bits per heavy atom. The van der Waals surface area contributed by atoms with Gasteiger partial charge in [0.25, 0.3) is 5.91 Å². The number of ether oxygens (including phenoxy) is 2. The van der Waals surface area contributed by atoms with Gasteiger partial charge in [-0.15, -0.1) is 5.10 Å². The van der Waals surface area contributed by atoms with Crippen LogP contribution in [0.25, 0.3) is 5.65 Å². The van der Waals surface area contributed by atoms with Crippen molar-refractivity contribution in [2.45, 2.75) is 43.6 Å². The lowest BCUT2D eigenvalue weighted by Crippen LogP contribution is -2.68. The summed E-state index contributed by atoms with van der Waals surface area (Å²) in [7, 11) is 1.49. The molecule has 1 saturated carbocycles. The molecule has 2 atom stereocenters. The Morgan fingerprint density at radius 1 is 1.43 bits per heavy atom. The van der Waals surface area contributed by atoms with Crippen LogP contribution in [0.3, 0.4) is 0 Å². The molecule has 35 heavy (non-hydrogen) atoms. The largest absolute Gasteiger partial charge is 0.493 e. The highest BCUT2D eigenvalue weighted by Crippen LogP contribution is 2.42. The quantitative estimate of drug-likeness (QED) is 0.532. The van der Waals surface area contributed by atoms with Crippen LogP contribution in [0.5, 0.6) is 5.75 Å². The summed E-state index contributed by atoms with van der Waals surface area (Å²) in [6, 6.07) is 7.85. The second kappa shape index (κ2) is 9.25. The molecule has 11 heteroatoms. The van der Waals surface area contributed by atoms with E-state index >= 15 is 0 Å². The molecule has 2 unspecified atom stereocenters. The van der Waals surface area contributed by atoms with Gasteiger partial charge in [-0.3, -0.25) is 4.79 Å². The van der Waals surface area contributed by atoms with Gasteiger partial charge >= 0.3 is 0 Å². The van der Waals surface area contributed by atoms with E-state index in [-0.39, 0.29) is 18.0 Å². The van der Waals surface area contributed by atoms with Gasteiger partial charge in [-0.05, 0) is 43.5 Å². The molecular formula is C24H27ClFN5O4. The summed E-state index contributed by atoms with van der Waals surface area (Å²) in [5, 5.41) is 17.9. The van der Waals surface area contributed by atoms with Crippen LogP contribution < -0.4 is 10.1 Å². The first-order chi connectivity index (χ1) is 16.8. The summed E-state index contributed by atoms with van der Waals surface area (Å²) in [6.45, 7) is 2.04. The smallest absolute Gasteiger partial charge is 0.256 e. The third kappa shape index (κ3) is 4.41. The number of fused-ring (bicyclic) bond motifs is 1. The molecule has 2 aromatic heterocycles. The molecule has 3 heterocycles. The zero-order valence-corrected chi connectivity index (χ0v) is 20.2. The molecule has 9 nitrogen and oxygen atoms in total. The van der Waals surface area contributed by atoms with Gasteiger partial charge in [0.1, 0.15) is 6.67 Å². The van der Waals surface area contributed by atoms with E-state index in [9.17, 15) is 14.3 Å². The van der Waals surface area contributed by atoms with Crippen LogP contribution in [0, 0.1) is 0 Å². The number of nitrogens with one attached hydrogen (secondary N) is 1. The standard InChI is InChI=1S/C24H27ClFN5O4/c1-14-11-30(24(13-35-14)8-18(32)9-24)22(33)16-7-20(34-2)21-28-23(29-31(21)12-16)27-19(10-26)15-4-3-5-17(25)6-15/h3-7,12,14,18-19,32H,8-11,13H2,1-2H3,(H,27,29). The third-order valence-corrected chi connectivity index (χ3v) is 6.94. The number of amides is 1. The molecule has 0 bridgehead atoms. The van der Waals surface area contributed by atoms with Gasteiger partial charge in [0.15, 0.2) is 11.4 Å². The second-order valence-corrected chi connectivity index (χ2v) is 9.67. The van der Waals surface area contributed by atoms with Gasteiger partial charge in [0.05, 0.1) is 43.1 Å². The minimum Gasteiger partial charge on any atom is -0.493 e. The lowest BCUT2D eigenvalue weighted by atomic mass is 9.72. The number of methoxy groups -OCH3 is 1. The maximum atomic E-state index is 13.8. The van der Waals surface area contributed by atoms with E-state index in [1.165, 1.54) is 11.6 Å². The Bertz CT molecular complexity index is 1250. The van der Waals surface area contributed by atoms with Gasteiger partial charge in [0, 0.05) is 17.8 Å². The van der Waals surface area contributed by atoms with Crippen LogP contribution in [0.2, 0.25) is 5.02 Å². The summed E-state index contributed by atoms with van der Waals surface area (Å²) < 4.78 is 26.6. The number of benzene rings is 1. The number of morpholine rings is 1. The maximum Gasteiger partial charge on any atom is 0.256 e. The molecule has 3 aromatic rings. The number of alkyl halides is 1. The van der Waals surface area contributed by atoms with Crippen molar-refractivity contribution in [1.29, 1.82) is 0 Å². The van der Waals surface area contributed by atoms with Gasteiger partial charge in [-0.2, -0.15) is 4.98 Å². The third-order valence-electron chi connectivity index (χ3n) is 6.70. The van der Waals surface area contributed by atoms with Crippen LogP contribution in [0.1, 0.15) is 41.7 Å². The Morgan fingerprint density at radius 2 is 2.23 bits per heavy atom. The summed E-state index contributed by atoms with van der Waals surface area (Å²) >= 11 is 6.06. The molecule has 1 aliphatic carbocycles. The highest BCUT2D eigenvalue weighted by molar-refractivity contribution is 6.30. The van der Waals surface area contributed by atoms with Crippen molar-refractivity contribution in [2.75, 3.05) is 32.3 Å².